The van der Waals surface area contributed by atoms with Gasteiger partial charge in [-0.25, -0.2) is 0 Å². The molecule has 0 saturated carbocycles. The fraction of sp³-hybridized carbons (Fsp3) is 0.667. The van der Waals surface area contributed by atoms with Crippen LogP contribution in [-0.2, 0) is 11.3 Å². The topological polar surface area (TPSA) is 69.8 Å². The first-order valence-electron chi connectivity index (χ1n) is 6.06. The Hall–Kier alpha value is -1.36. The van der Waals surface area contributed by atoms with Crippen molar-refractivity contribution in [3.63, 3.8) is 0 Å². The molecule has 0 fully saturated rings. The van der Waals surface area contributed by atoms with E-state index in [-0.39, 0.29) is 5.91 Å². The lowest BCUT2D eigenvalue weighted by molar-refractivity contribution is -0.121. The van der Waals surface area contributed by atoms with Crippen molar-refractivity contribution < 1.29 is 4.79 Å². The maximum Gasteiger partial charge on any atom is 0.221 e. The molecule has 0 spiro atoms. The highest BCUT2D eigenvalue weighted by Gasteiger charge is 2.03. The zero-order chi connectivity index (χ0) is 12.7. The summed E-state index contributed by atoms with van der Waals surface area (Å²) in [5.41, 5.74) is 2.22. The molecular formula is C12H22N4O. The molecule has 0 aromatic carbocycles. The zero-order valence-corrected chi connectivity index (χ0v) is 10.8. The van der Waals surface area contributed by atoms with Crippen LogP contribution in [0.15, 0.2) is 6.20 Å². The molecule has 5 heteroatoms. The number of carbonyl (C=O) groups is 1. The van der Waals surface area contributed by atoms with Gasteiger partial charge in [0.2, 0.25) is 5.91 Å². The van der Waals surface area contributed by atoms with Gasteiger partial charge in [0.05, 0.1) is 6.20 Å². The Labute approximate surface area is 102 Å². The summed E-state index contributed by atoms with van der Waals surface area (Å²) in [5.74, 6) is 0.607. The van der Waals surface area contributed by atoms with Gasteiger partial charge in [-0.15, -0.1) is 0 Å². The van der Waals surface area contributed by atoms with Crippen LogP contribution in [0.5, 0.6) is 0 Å². The SMILES string of the molecule is Cc1[nH]ncc1CNCCC(=O)NCC(C)C. The Morgan fingerprint density at radius 2 is 2.29 bits per heavy atom. The van der Waals surface area contributed by atoms with E-state index in [0.717, 1.165) is 24.3 Å². The Kier molecular flexibility index (Phi) is 5.69. The smallest absolute Gasteiger partial charge is 0.221 e. The number of aryl methyl sites for hydroxylation is 1. The van der Waals surface area contributed by atoms with Crippen LogP contribution < -0.4 is 10.6 Å². The second-order valence-corrected chi connectivity index (χ2v) is 4.64. The van der Waals surface area contributed by atoms with Crippen LogP contribution in [0.3, 0.4) is 0 Å². The molecule has 1 amide bonds. The molecule has 1 aromatic heterocycles. The first-order chi connectivity index (χ1) is 8.09. The maximum absolute atomic E-state index is 11.4. The molecule has 0 radical (unpaired) electrons. The van der Waals surface area contributed by atoms with Gasteiger partial charge in [-0.2, -0.15) is 5.10 Å². The van der Waals surface area contributed by atoms with E-state index in [1.807, 2.05) is 6.92 Å². The van der Waals surface area contributed by atoms with Crippen LogP contribution in [0.4, 0.5) is 0 Å². The van der Waals surface area contributed by atoms with Crippen LogP contribution in [0.2, 0.25) is 0 Å². The first-order valence-corrected chi connectivity index (χ1v) is 6.06. The molecule has 0 unspecified atom stereocenters. The van der Waals surface area contributed by atoms with Crippen molar-refractivity contribution >= 4 is 5.91 Å². The Balaban J connectivity index is 2.08. The number of aromatic nitrogens is 2. The molecule has 0 aliphatic rings. The second-order valence-electron chi connectivity index (χ2n) is 4.64. The van der Waals surface area contributed by atoms with Crippen molar-refractivity contribution in [3.8, 4) is 0 Å². The minimum atomic E-state index is 0.107. The van der Waals surface area contributed by atoms with Gasteiger partial charge >= 0.3 is 0 Å². The van der Waals surface area contributed by atoms with Crippen LogP contribution in [0.25, 0.3) is 0 Å². The van der Waals surface area contributed by atoms with Crippen molar-refractivity contribution in [2.75, 3.05) is 13.1 Å². The summed E-state index contributed by atoms with van der Waals surface area (Å²) in [6, 6.07) is 0. The lowest BCUT2D eigenvalue weighted by Gasteiger charge is -2.08. The molecule has 96 valence electrons. The van der Waals surface area contributed by atoms with Crippen molar-refractivity contribution in [1.29, 1.82) is 0 Å². The number of amides is 1. The predicted molar refractivity (Wildman–Crippen MR) is 67.5 cm³/mol. The van der Waals surface area contributed by atoms with Gasteiger partial charge in [-0.05, 0) is 12.8 Å². The summed E-state index contributed by atoms with van der Waals surface area (Å²) < 4.78 is 0. The Morgan fingerprint density at radius 3 is 2.88 bits per heavy atom. The van der Waals surface area contributed by atoms with E-state index >= 15 is 0 Å². The third-order valence-electron chi connectivity index (χ3n) is 2.49. The number of carbonyl (C=O) groups excluding carboxylic acids is 1. The van der Waals surface area contributed by atoms with Crippen LogP contribution in [-0.4, -0.2) is 29.2 Å². The molecular weight excluding hydrogens is 216 g/mol. The van der Waals surface area contributed by atoms with Gasteiger partial charge in [0, 0.05) is 37.3 Å². The van der Waals surface area contributed by atoms with Crippen LogP contribution in [0, 0.1) is 12.8 Å². The number of hydrogen-bond acceptors (Lipinski definition) is 3. The molecule has 5 nitrogen and oxygen atoms in total. The van der Waals surface area contributed by atoms with E-state index in [4.69, 9.17) is 0 Å². The number of rotatable bonds is 7. The molecule has 0 aliphatic carbocycles. The van der Waals surface area contributed by atoms with E-state index in [2.05, 4.69) is 34.7 Å². The second kappa shape index (κ2) is 7.06. The quantitative estimate of drug-likeness (QED) is 0.620. The van der Waals surface area contributed by atoms with E-state index in [1.165, 1.54) is 0 Å². The predicted octanol–water partition coefficient (Wildman–Crippen LogP) is 0.970. The van der Waals surface area contributed by atoms with E-state index in [9.17, 15) is 4.79 Å². The number of aromatic amines is 1. The monoisotopic (exact) mass is 238 g/mol. The molecule has 0 saturated heterocycles. The number of nitrogens with zero attached hydrogens (tertiary/aromatic N) is 1. The van der Waals surface area contributed by atoms with Crippen molar-refractivity contribution in [3.05, 3.63) is 17.5 Å². The molecule has 17 heavy (non-hydrogen) atoms. The lowest BCUT2D eigenvalue weighted by atomic mass is 10.2. The first kappa shape index (κ1) is 13.7. The highest BCUT2D eigenvalue weighted by Crippen LogP contribution is 2.00. The summed E-state index contributed by atoms with van der Waals surface area (Å²) in [4.78, 5) is 11.4. The molecule has 3 N–H and O–H groups in total. The standard InChI is InChI=1S/C12H22N4O/c1-9(2)6-14-12(17)4-5-13-7-11-8-15-16-10(11)3/h8-9,13H,4-7H2,1-3H3,(H,14,17)(H,15,16). The summed E-state index contributed by atoms with van der Waals surface area (Å²) in [5, 5.41) is 12.9. The highest BCUT2D eigenvalue weighted by molar-refractivity contribution is 5.76. The van der Waals surface area contributed by atoms with Gasteiger partial charge in [0.25, 0.3) is 0 Å². The van der Waals surface area contributed by atoms with Crippen LogP contribution >= 0.6 is 0 Å². The number of nitrogens with one attached hydrogen (secondary N) is 3. The number of hydrogen-bond donors (Lipinski definition) is 3. The zero-order valence-electron chi connectivity index (χ0n) is 10.8. The highest BCUT2D eigenvalue weighted by atomic mass is 16.1. The number of H-pyrrole nitrogens is 1. The summed E-state index contributed by atoms with van der Waals surface area (Å²) in [6.07, 6.45) is 2.32. The summed E-state index contributed by atoms with van der Waals surface area (Å²) >= 11 is 0. The average Bonchev–Trinajstić information content (AvgIpc) is 2.68. The Morgan fingerprint density at radius 1 is 1.53 bits per heavy atom. The molecule has 0 atom stereocenters. The van der Waals surface area contributed by atoms with E-state index in [1.54, 1.807) is 6.20 Å². The van der Waals surface area contributed by atoms with Crippen molar-refractivity contribution in [2.45, 2.75) is 33.7 Å². The summed E-state index contributed by atoms with van der Waals surface area (Å²) in [7, 11) is 0. The van der Waals surface area contributed by atoms with Gasteiger partial charge < -0.3 is 10.6 Å². The lowest BCUT2D eigenvalue weighted by Crippen LogP contribution is -2.30. The van der Waals surface area contributed by atoms with E-state index < -0.39 is 0 Å². The molecule has 0 bridgehead atoms. The average molecular weight is 238 g/mol. The van der Waals surface area contributed by atoms with Gasteiger partial charge in [0.15, 0.2) is 0 Å². The normalized spacial score (nSPS) is 10.8. The van der Waals surface area contributed by atoms with Crippen molar-refractivity contribution in [1.82, 2.24) is 20.8 Å². The fourth-order valence-electron chi connectivity index (χ4n) is 1.39. The van der Waals surface area contributed by atoms with Gasteiger partial charge in [-0.1, -0.05) is 13.8 Å². The van der Waals surface area contributed by atoms with Gasteiger partial charge in [0.1, 0.15) is 0 Å². The Bertz CT molecular complexity index is 346. The molecule has 0 aliphatic heterocycles. The van der Waals surface area contributed by atoms with E-state index in [0.29, 0.717) is 18.9 Å². The maximum atomic E-state index is 11.4. The fourth-order valence-corrected chi connectivity index (χ4v) is 1.39. The molecule has 1 aromatic rings. The van der Waals surface area contributed by atoms with Crippen LogP contribution in [0.1, 0.15) is 31.5 Å². The minimum absolute atomic E-state index is 0.107. The van der Waals surface area contributed by atoms with Crippen molar-refractivity contribution in [2.24, 2.45) is 5.92 Å². The largest absolute Gasteiger partial charge is 0.356 e. The molecule has 1 heterocycles. The minimum Gasteiger partial charge on any atom is -0.356 e. The molecule has 1 rings (SSSR count). The van der Waals surface area contributed by atoms with Gasteiger partial charge in [-0.3, -0.25) is 9.89 Å². The third-order valence-corrected chi connectivity index (χ3v) is 2.49. The third kappa shape index (κ3) is 5.49. The summed E-state index contributed by atoms with van der Waals surface area (Å²) in [6.45, 7) is 8.34.